The van der Waals surface area contributed by atoms with Crippen molar-refractivity contribution in [2.45, 2.75) is 39.0 Å². The van der Waals surface area contributed by atoms with Crippen LogP contribution in [0.25, 0.3) is 11.4 Å². The van der Waals surface area contributed by atoms with Gasteiger partial charge >= 0.3 is 0 Å². The van der Waals surface area contributed by atoms with Crippen molar-refractivity contribution < 1.29 is 4.79 Å². The number of aryl methyl sites for hydroxylation is 2. The van der Waals surface area contributed by atoms with E-state index in [2.05, 4.69) is 16.0 Å². The molecule has 0 saturated carbocycles. The minimum absolute atomic E-state index is 0.216. The van der Waals surface area contributed by atoms with E-state index in [1.54, 1.807) is 0 Å². The molecule has 21 heavy (non-hydrogen) atoms. The molecule has 110 valence electrons. The van der Waals surface area contributed by atoms with Gasteiger partial charge in [-0.2, -0.15) is 0 Å². The van der Waals surface area contributed by atoms with Crippen LogP contribution < -0.4 is 5.73 Å². The number of primary amides is 1. The lowest BCUT2D eigenvalue weighted by atomic mass is 10.1. The van der Waals surface area contributed by atoms with Crippen LogP contribution in [-0.4, -0.2) is 15.9 Å². The maximum atomic E-state index is 10.7. The Morgan fingerprint density at radius 1 is 1.05 bits per heavy atom. The van der Waals surface area contributed by atoms with E-state index < -0.39 is 0 Å². The molecule has 4 heteroatoms. The van der Waals surface area contributed by atoms with Crippen LogP contribution in [0, 0.1) is 6.92 Å². The number of rotatable bonds is 7. The van der Waals surface area contributed by atoms with Gasteiger partial charge in [0, 0.05) is 18.8 Å². The molecule has 0 bridgehead atoms. The highest BCUT2D eigenvalue weighted by molar-refractivity contribution is 5.73. The molecule has 2 heterocycles. The first-order valence-electron chi connectivity index (χ1n) is 7.31. The number of nitrogens with zero attached hydrogens (tertiary/aromatic N) is 2. The minimum atomic E-state index is -0.216. The Labute approximate surface area is 125 Å². The van der Waals surface area contributed by atoms with Crippen molar-refractivity contribution in [1.82, 2.24) is 9.97 Å². The van der Waals surface area contributed by atoms with E-state index in [1.165, 1.54) is 11.1 Å². The molecule has 0 unspecified atom stereocenters. The number of hydrogen-bond acceptors (Lipinski definition) is 3. The predicted molar refractivity (Wildman–Crippen MR) is 83.6 cm³/mol. The zero-order chi connectivity index (χ0) is 15.1. The topological polar surface area (TPSA) is 68.9 Å². The molecule has 4 nitrogen and oxygen atoms in total. The first-order chi connectivity index (χ1) is 10.1. The van der Waals surface area contributed by atoms with Crippen molar-refractivity contribution >= 4 is 5.91 Å². The molecule has 2 aromatic rings. The van der Waals surface area contributed by atoms with Crippen molar-refractivity contribution in [2.75, 3.05) is 0 Å². The normalized spacial score (nSPS) is 10.5. The molecule has 0 spiro atoms. The number of nitrogens with two attached hydrogens (primary N) is 1. The number of unbranched alkanes of at least 4 members (excludes halogenated alkanes) is 2. The summed E-state index contributed by atoms with van der Waals surface area (Å²) in [6, 6.07) is 8.15. The minimum Gasteiger partial charge on any atom is -0.370 e. The van der Waals surface area contributed by atoms with Gasteiger partial charge in [0.15, 0.2) is 0 Å². The molecule has 0 saturated heterocycles. The van der Waals surface area contributed by atoms with Crippen LogP contribution in [0.4, 0.5) is 0 Å². The largest absolute Gasteiger partial charge is 0.370 e. The number of carbonyl (C=O) groups excluding carboxylic acids is 1. The van der Waals surface area contributed by atoms with E-state index in [0.717, 1.165) is 37.1 Å². The highest BCUT2D eigenvalue weighted by Crippen LogP contribution is 2.17. The predicted octanol–water partition coefficient (Wildman–Crippen LogP) is 3.04. The van der Waals surface area contributed by atoms with Crippen LogP contribution >= 0.6 is 0 Å². The fraction of sp³-hybridized carbons (Fsp3) is 0.353. The molecule has 0 aliphatic carbocycles. The van der Waals surface area contributed by atoms with Crippen LogP contribution in [0.3, 0.4) is 0 Å². The van der Waals surface area contributed by atoms with E-state index in [-0.39, 0.29) is 5.91 Å². The average Bonchev–Trinajstić information content (AvgIpc) is 2.47. The van der Waals surface area contributed by atoms with Gasteiger partial charge in [0.25, 0.3) is 0 Å². The molecule has 0 atom stereocenters. The van der Waals surface area contributed by atoms with E-state index in [0.29, 0.717) is 6.42 Å². The van der Waals surface area contributed by atoms with Gasteiger partial charge in [0.2, 0.25) is 5.91 Å². The summed E-state index contributed by atoms with van der Waals surface area (Å²) < 4.78 is 0. The molecule has 2 N–H and O–H groups in total. The van der Waals surface area contributed by atoms with Crippen LogP contribution in [0.15, 0.2) is 36.7 Å². The average molecular weight is 283 g/mol. The van der Waals surface area contributed by atoms with E-state index in [9.17, 15) is 4.79 Å². The zero-order valence-electron chi connectivity index (χ0n) is 12.4. The Kier molecular flexibility index (Phi) is 5.43. The van der Waals surface area contributed by atoms with Gasteiger partial charge < -0.3 is 5.73 Å². The van der Waals surface area contributed by atoms with Gasteiger partial charge in [-0.3, -0.25) is 14.8 Å². The van der Waals surface area contributed by atoms with Gasteiger partial charge in [-0.25, -0.2) is 0 Å². The first-order valence-corrected chi connectivity index (χ1v) is 7.31. The van der Waals surface area contributed by atoms with Crippen LogP contribution in [0.2, 0.25) is 0 Å². The monoisotopic (exact) mass is 283 g/mol. The number of hydrogen-bond donors (Lipinski definition) is 1. The standard InChI is InChI=1S/C17H21N3O/c1-13-7-9-19-15(11-13)16-12-14(8-10-20-16)5-3-2-4-6-17(18)21/h7-12H,2-6H2,1H3,(H2,18,21). The van der Waals surface area contributed by atoms with Gasteiger partial charge in [-0.05, 0) is 61.6 Å². The van der Waals surface area contributed by atoms with Crippen molar-refractivity contribution in [3.8, 4) is 11.4 Å². The lowest BCUT2D eigenvalue weighted by Crippen LogP contribution is -2.09. The number of amides is 1. The summed E-state index contributed by atoms with van der Waals surface area (Å²) in [6.07, 6.45) is 8.05. The summed E-state index contributed by atoms with van der Waals surface area (Å²) in [6.45, 7) is 2.05. The second-order valence-electron chi connectivity index (χ2n) is 5.29. The second-order valence-corrected chi connectivity index (χ2v) is 5.29. The number of carbonyl (C=O) groups is 1. The smallest absolute Gasteiger partial charge is 0.217 e. The Hall–Kier alpha value is -2.23. The third kappa shape index (κ3) is 4.99. The Morgan fingerprint density at radius 2 is 1.76 bits per heavy atom. The van der Waals surface area contributed by atoms with Crippen molar-refractivity contribution in [2.24, 2.45) is 5.73 Å². The summed E-state index contributed by atoms with van der Waals surface area (Å²) in [4.78, 5) is 19.4. The molecule has 1 amide bonds. The van der Waals surface area contributed by atoms with Gasteiger partial charge in [0.05, 0.1) is 11.4 Å². The highest BCUT2D eigenvalue weighted by atomic mass is 16.1. The van der Waals surface area contributed by atoms with E-state index in [1.807, 2.05) is 37.5 Å². The SMILES string of the molecule is Cc1ccnc(-c2cc(CCCCCC(N)=O)ccn2)c1. The summed E-state index contributed by atoms with van der Waals surface area (Å²) in [7, 11) is 0. The second kappa shape index (κ2) is 7.53. The molecular formula is C17H21N3O. The third-order valence-electron chi connectivity index (χ3n) is 3.39. The Morgan fingerprint density at radius 3 is 2.48 bits per heavy atom. The zero-order valence-corrected chi connectivity index (χ0v) is 12.4. The highest BCUT2D eigenvalue weighted by Gasteiger charge is 2.03. The molecule has 2 rings (SSSR count). The molecule has 0 aliphatic heterocycles. The van der Waals surface area contributed by atoms with E-state index >= 15 is 0 Å². The lowest BCUT2D eigenvalue weighted by Gasteiger charge is -2.05. The van der Waals surface area contributed by atoms with Crippen LogP contribution in [0.1, 0.15) is 36.8 Å². The summed E-state index contributed by atoms with van der Waals surface area (Å²) in [5.74, 6) is -0.216. The molecule has 0 aliphatic rings. The fourth-order valence-corrected chi connectivity index (χ4v) is 2.25. The lowest BCUT2D eigenvalue weighted by molar-refractivity contribution is -0.118. The van der Waals surface area contributed by atoms with Crippen molar-refractivity contribution in [3.63, 3.8) is 0 Å². The van der Waals surface area contributed by atoms with E-state index in [4.69, 9.17) is 5.73 Å². The van der Waals surface area contributed by atoms with Crippen molar-refractivity contribution in [1.29, 1.82) is 0 Å². The number of pyridine rings is 2. The first kappa shape index (κ1) is 15.2. The quantitative estimate of drug-likeness (QED) is 0.794. The molecule has 0 aromatic carbocycles. The van der Waals surface area contributed by atoms with Gasteiger partial charge in [-0.15, -0.1) is 0 Å². The van der Waals surface area contributed by atoms with Gasteiger partial charge in [-0.1, -0.05) is 6.42 Å². The number of aromatic nitrogens is 2. The fourth-order valence-electron chi connectivity index (χ4n) is 2.25. The van der Waals surface area contributed by atoms with Crippen LogP contribution in [-0.2, 0) is 11.2 Å². The Bertz CT molecular complexity index is 610. The van der Waals surface area contributed by atoms with Gasteiger partial charge in [0.1, 0.15) is 0 Å². The summed E-state index contributed by atoms with van der Waals surface area (Å²) >= 11 is 0. The maximum Gasteiger partial charge on any atom is 0.217 e. The molecule has 0 radical (unpaired) electrons. The third-order valence-corrected chi connectivity index (χ3v) is 3.39. The van der Waals surface area contributed by atoms with Crippen molar-refractivity contribution in [3.05, 3.63) is 47.8 Å². The molecule has 2 aromatic heterocycles. The van der Waals surface area contributed by atoms with Crippen LogP contribution in [0.5, 0.6) is 0 Å². The Balaban J connectivity index is 1.93. The summed E-state index contributed by atoms with van der Waals surface area (Å²) in [5.41, 5.74) is 9.38. The summed E-state index contributed by atoms with van der Waals surface area (Å²) in [5, 5.41) is 0. The molecular weight excluding hydrogens is 262 g/mol. The molecule has 0 fully saturated rings. The maximum absolute atomic E-state index is 10.7.